The zero-order valence-electron chi connectivity index (χ0n) is 17.2. The van der Waals surface area contributed by atoms with Crippen LogP contribution < -0.4 is 15.0 Å². The number of ether oxygens (including phenoxy) is 1. The second-order valence-corrected chi connectivity index (χ2v) is 7.02. The van der Waals surface area contributed by atoms with Crippen LogP contribution in [0.15, 0.2) is 60.4 Å². The van der Waals surface area contributed by atoms with Crippen LogP contribution >= 0.6 is 0 Å². The summed E-state index contributed by atoms with van der Waals surface area (Å²) in [6.45, 7) is 3.84. The summed E-state index contributed by atoms with van der Waals surface area (Å²) in [5.41, 5.74) is 3.62. The van der Waals surface area contributed by atoms with E-state index in [-0.39, 0.29) is 5.57 Å². The number of aromatic nitrogens is 2. The lowest BCUT2D eigenvalue weighted by atomic mass is 10.1. The van der Waals surface area contributed by atoms with Gasteiger partial charge in [-0.05, 0) is 68.0 Å². The number of imide groups is 2. The van der Waals surface area contributed by atoms with Gasteiger partial charge in [-0.3, -0.25) is 19.9 Å². The Labute approximate surface area is 178 Å². The van der Waals surface area contributed by atoms with Gasteiger partial charge < -0.3 is 9.30 Å². The van der Waals surface area contributed by atoms with E-state index in [0.29, 0.717) is 11.3 Å². The second-order valence-electron chi connectivity index (χ2n) is 7.02. The number of nitrogens with one attached hydrogen (secondary N) is 1. The van der Waals surface area contributed by atoms with E-state index in [1.54, 1.807) is 7.11 Å². The van der Waals surface area contributed by atoms with Gasteiger partial charge in [-0.15, -0.1) is 0 Å². The van der Waals surface area contributed by atoms with Gasteiger partial charge in [-0.1, -0.05) is 0 Å². The third-order valence-corrected chi connectivity index (χ3v) is 5.12. The Hall–Kier alpha value is -4.20. The fourth-order valence-corrected chi connectivity index (χ4v) is 3.60. The Morgan fingerprint density at radius 1 is 0.968 bits per heavy atom. The summed E-state index contributed by atoms with van der Waals surface area (Å²) in [7, 11) is 1.61. The molecule has 3 heterocycles. The number of rotatable bonds is 4. The smallest absolute Gasteiger partial charge is 0.335 e. The van der Waals surface area contributed by atoms with E-state index in [1.807, 2.05) is 48.7 Å². The minimum absolute atomic E-state index is 0.119. The standard InChI is InChI=1S/C23H20N4O4/c1-14-12-16(15(2)26(14)17-4-6-19(31-3)7-5-17)13-20-21(28)25-23(30)27(22(20)29)18-8-10-24-11-9-18/h4-13H,1-3H3,(H,25,28,30)/b20-13+. The summed E-state index contributed by atoms with van der Waals surface area (Å²) in [5, 5.41) is 2.23. The SMILES string of the molecule is COc1ccc(-n2c(C)cc(/C=C3\C(=O)NC(=O)N(c4ccncc4)C3=O)c2C)cc1. The second kappa shape index (κ2) is 7.91. The molecular weight excluding hydrogens is 396 g/mol. The van der Waals surface area contributed by atoms with Crippen molar-refractivity contribution in [1.82, 2.24) is 14.9 Å². The van der Waals surface area contributed by atoms with Crippen LogP contribution in [0.1, 0.15) is 17.0 Å². The van der Waals surface area contributed by atoms with Gasteiger partial charge in [0.05, 0.1) is 12.8 Å². The predicted octanol–water partition coefficient (Wildman–Crippen LogP) is 3.16. The average Bonchev–Trinajstić information content (AvgIpc) is 3.04. The highest BCUT2D eigenvalue weighted by Crippen LogP contribution is 2.26. The molecular formula is C23H20N4O4. The molecule has 2 aromatic heterocycles. The van der Waals surface area contributed by atoms with Crippen LogP contribution in [0, 0.1) is 13.8 Å². The molecule has 31 heavy (non-hydrogen) atoms. The molecule has 1 aliphatic heterocycles. The summed E-state index contributed by atoms with van der Waals surface area (Å²) in [6.07, 6.45) is 4.46. The normalized spacial score (nSPS) is 15.4. The Balaban J connectivity index is 1.74. The number of anilines is 1. The molecule has 1 aromatic carbocycles. The van der Waals surface area contributed by atoms with E-state index >= 15 is 0 Å². The molecule has 0 saturated carbocycles. The Morgan fingerprint density at radius 2 is 1.65 bits per heavy atom. The fraction of sp³-hybridized carbons (Fsp3) is 0.130. The lowest BCUT2D eigenvalue weighted by Gasteiger charge is -2.26. The third-order valence-electron chi connectivity index (χ3n) is 5.12. The molecule has 0 spiro atoms. The van der Waals surface area contributed by atoms with Crippen LogP contribution in [0.3, 0.4) is 0 Å². The quantitative estimate of drug-likeness (QED) is 0.521. The number of urea groups is 1. The molecule has 8 heteroatoms. The minimum Gasteiger partial charge on any atom is -0.497 e. The number of benzene rings is 1. The van der Waals surface area contributed by atoms with Crippen LogP contribution in [0.5, 0.6) is 5.75 Å². The number of aryl methyl sites for hydroxylation is 1. The number of methoxy groups -OCH3 is 1. The molecule has 0 radical (unpaired) electrons. The number of carbonyl (C=O) groups is 3. The molecule has 8 nitrogen and oxygen atoms in total. The maximum atomic E-state index is 13.0. The van der Waals surface area contributed by atoms with Crippen molar-refractivity contribution >= 4 is 29.6 Å². The van der Waals surface area contributed by atoms with Crippen LogP contribution in [0.25, 0.3) is 11.8 Å². The van der Waals surface area contributed by atoms with E-state index in [0.717, 1.165) is 27.7 Å². The molecule has 0 atom stereocenters. The van der Waals surface area contributed by atoms with Crippen molar-refractivity contribution in [3.8, 4) is 11.4 Å². The van der Waals surface area contributed by atoms with Crippen molar-refractivity contribution in [2.75, 3.05) is 12.0 Å². The summed E-state index contributed by atoms with van der Waals surface area (Å²) in [5.74, 6) is -0.664. The lowest BCUT2D eigenvalue weighted by molar-refractivity contribution is -0.122. The first-order valence-corrected chi connectivity index (χ1v) is 9.55. The van der Waals surface area contributed by atoms with Gasteiger partial charge in [0.15, 0.2) is 0 Å². The van der Waals surface area contributed by atoms with Crippen LogP contribution in [0.4, 0.5) is 10.5 Å². The van der Waals surface area contributed by atoms with Gasteiger partial charge in [0.25, 0.3) is 11.8 Å². The molecule has 0 unspecified atom stereocenters. The molecule has 1 aliphatic rings. The van der Waals surface area contributed by atoms with Gasteiger partial charge in [0.2, 0.25) is 0 Å². The van der Waals surface area contributed by atoms with Crippen molar-refractivity contribution in [3.63, 3.8) is 0 Å². The van der Waals surface area contributed by atoms with Crippen LogP contribution in [-0.2, 0) is 9.59 Å². The molecule has 1 N–H and O–H groups in total. The highest BCUT2D eigenvalue weighted by atomic mass is 16.5. The number of hydrogen-bond donors (Lipinski definition) is 1. The number of carbonyl (C=O) groups excluding carboxylic acids is 3. The molecule has 0 aliphatic carbocycles. The zero-order chi connectivity index (χ0) is 22.1. The van der Waals surface area contributed by atoms with Crippen molar-refractivity contribution in [2.45, 2.75) is 13.8 Å². The monoisotopic (exact) mass is 416 g/mol. The number of hydrogen-bond acceptors (Lipinski definition) is 5. The molecule has 156 valence electrons. The molecule has 4 rings (SSSR count). The maximum Gasteiger partial charge on any atom is 0.335 e. The van der Waals surface area contributed by atoms with Crippen molar-refractivity contribution in [1.29, 1.82) is 0 Å². The van der Waals surface area contributed by atoms with Gasteiger partial charge in [-0.2, -0.15) is 0 Å². The van der Waals surface area contributed by atoms with E-state index < -0.39 is 17.8 Å². The number of pyridine rings is 1. The number of barbiturate groups is 1. The molecule has 3 aromatic rings. The van der Waals surface area contributed by atoms with Crippen molar-refractivity contribution in [2.24, 2.45) is 0 Å². The highest BCUT2D eigenvalue weighted by molar-refractivity contribution is 6.39. The van der Waals surface area contributed by atoms with Crippen molar-refractivity contribution in [3.05, 3.63) is 77.4 Å². The summed E-state index contributed by atoms with van der Waals surface area (Å²) in [4.78, 5) is 42.6. The lowest BCUT2D eigenvalue weighted by Crippen LogP contribution is -2.54. The van der Waals surface area contributed by atoms with Gasteiger partial charge in [0.1, 0.15) is 11.3 Å². The third kappa shape index (κ3) is 3.59. The molecule has 1 fully saturated rings. The van der Waals surface area contributed by atoms with E-state index in [9.17, 15) is 14.4 Å². The number of nitrogens with zero attached hydrogens (tertiary/aromatic N) is 3. The Morgan fingerprint density at radius 3 is 2.29 bits per heavy atom. The molecule has 1 saturated heterocycles. The topological polar surface area (TPSA) is 93.5 Å². The van der Waals surface area contributed by atoms with Gasteiger partial charge in [-0.25, -0.2) is 9.69 Å². The van der Waals surface area contributed by atoms with Crippen LogP contribution in [-0.4, -0.2) is 34.5 Å². The van der Waals surface area contributed by atoms with Gasteiger partial charge in [0, 0.05) is 29.5 Å². The molecule has 0 bridgehead atoms. The zero-order valence-corrected chi connectivity index (χ0v) is 17.2. The van der Waals surface area contributed by atoms with Crippen molar-refractivity contribution < 1.29 is 19.1 Å². The largest absolute Gasteiger partial charge is 0.497 e. The van der Waals surface area contributed by atoms with E-state index in [1.165, 1.54) is 30.6 Å². The molecule has 4 amide bonds. The van der Waals surface area contributed by atoms with E-state index in [2.05, 4.69) is 10.3 Å². The summed E-state index contributed by atoms with van der Waals surface area (Å²) < 4.78 is 7.23. The van der Waals surface area contributed by atoms with Gasteiger partial charge >= 0.3 is 6.03 Å². The number of amides is 4. The average molecular weight is 416 g/mol. The first-order chi connectivity index (χ1) is 14.9. The predicted molar refractivity (Wildman–Crippen MR) is 115 cm³/mol. The highest BCUT2D eigenvalue weighted by Gasteiger charge is 2.37. The maximum absolute atomic E-state index is 13.0. The van der Waals surface area contributed by atoms with Crippen LogP contribution in [0.2, 0.25) is 0 Å². The first kappa shape index (κ1) is 20.1. The first-order valence-electron chi connectivity index (χ1n) is 9.55. The fourth-order valence-electron chi connectivity index (χ4n) is 3.60. The summed E-state index contributed by atoms with van der Waals surface area (Å²) >= 11 is 0. The van der Waals surface area contributed by atoms with E-state index in [4.69, 9.17) is 4.74 Å². The summed E-state index contributed by atoms with van der Waals surface area (Å²) in [6, 6.07) is 11.7. The minimum atomic E-state index is -0.790. The Bertz CT molecular complexity index is 1210. The Kier molecular flexibility index (Phi) is 5.12.